The second-order valence-corrected chi connectivity index (χ2v) is 8.51. The van der Waals surface area contributed by atoms with E-state index in [0.717, 1.165) is 4.90 Å². The molecule has 0 heterocycles. The summed E-state index contributed by atoms with van der Waals surface area (Å²) in [5.41, 5.74) is 0.948. The molecule has 2 amide bonds. The molecule has 3 aromatic rings. The van der Waals surface area contributed by atoms with Gasteiger partial charge < -0.3 is 10.6 Å². The van der Waals surface area contributed by atoms with E-state index in [4.69, 9.17) is 23.2 Å². The van der Waals surface area contributed by atoms with Crippen molar-refractivity contribution in [2.45, 2.75) is 17.1 Å². The molecule has 0 fully saturated rings. The van der Waals surface area contributed by atoms with E-state index >= 15 is 0 Å². The number of thioether (sulfide) groups is 1. The number of hydrogen-bond acceptors (Lipinski definition) is 3. The first kappa shape index (κ1) is 22.2. The van der Waals surface area contributed by atoms with Gasteiger partial charge in [-0.15, -0.1) is 11.8 Å². The lowest BCUT2D eigenvalue weighted by Crippen LogP contribution is -2.22. The SMILES string of the molecule is CC(Sc1ccc(NC(=O)c2ccccc2F)cc1)C(=O)Nc1cccc(Cl)c1Cl. The third kappa shape index (κ3) is 5.53. The molecule has 154 valence electrons. The van der Waals surface area contributed by atoms with Gasteiger partial charge in [-0.25, -0.2) is 4.39 Å². The van der Waals surface area contributed by atoms with Crippen LogP contribution in [0.3, 0.4) is 0 Å². The molecule has 4 nitrogen and oxygen atoms in total. The molecular formula is C22H17Cl2FN2O2S. The van der Waals surface area contributed by atoms with Crippen LogP contribution < -0.4 is 10.6 Å². The molecule has 0 saturated carbocycles. The Hall–Kier alpha value is -2.54. The normalized spacial score (nSPS) is 11.6. The first-order valence-corrected chi connectivity index (χ1v) is 10.6. The van der Waals surface area contributed by atoms with Crippen molar-refractivity contribution in [2.75, 3.05) is 10.6 Å². The van der Waals surface area contributed by atoms with Crippen molar-refractivity contribution in [1.82, 2.24) is 0 Å². The zero-order valence-corrected chi connectivity index (χ0v) is 18.1. The summed E-state index contributed by atoms with van der Waals surface area (Å²) in [4.78, 5) is 25.5. The van der Waals surface area contributed by atoms with Gasteiger partial charge in [-0.1, -0.05) is 41.4 Å². The van der Waals surface area contributed by atoms with Crippen molar-refractivity contribution in [2.24, 2.45) is 0 Å². The number of anilines is 2. The Bertz CT molecular complexity index is 1080. The van der Waals surface area contributed by atoms with Gasteiger partial charge in [0.05, 0.1) is 26.5 Å². The minimum absolute atomic E-state index is 0.0269. The number of rotatable bonds is 6. The van der Waals surface area contributed by atoms with Crippen LogP contribution in [0.1, 0.15) is 17.3 Å². The van der Waals surface area contributed by atoms with Crippen LogP contribution in [-0.4, -0.2) is 17.1 Å². The Morgan fingerprint density at radius 1 is 0.933 bits per heavy atom. The van der Waals surface area contributed by atoms with Crippen molar-refractivity contribution in [3.63, 3.8) is 0 Å². The van der Waals surface area contributed by atoms with E-state index in [1.54, 1.807) is 55.5 Å². The van der Waals surface area contributed by atoms with Gasteiger partial charge in [0.1, 0.15) is 5.82 Å². The van der Waals surface area contributed by atoms with E-state index in [1.165, 1.54) is 30.0 Å². The van der Waals surface area contributed by atoms with Gasteiger partial charge in [-0.2, -0.15) is 0 Å². The molecule has 0 spiro atoms. The second kappa shape index (κ2) is 9.98. The van der Waals surface area contributed by atoms with Gasteiger partial charge in [-0.3, -0.25) is 9.59 Å². The summed E-state index contributed by atoms with van der Waals surface area (Å²) in [5.74, 6) is -1.33. The molecule has 0 saturated heterocycles. The summed E-state index contributed by atoms with van der Waals surface area (Å²) >= 11 is 13.4. The summed E-state index contributed by atoms with van der Waals surface area (Å²) in [6.45, 7) is 1.77. The van der Waals surface area contributed by atoms with Crippen molar-refractivity contribution in [3.05, 3.63) is 88.2 Å². The average Bonchev–Trinajstić information content (AvgIpc) is 2.73. The zero-order chi connectivity index (χ0) is 21.7. The van der Waals surface area contributed by atoms with E-state index in [9.17, 15) is 14.0 Å². The summed E-state index contributed by atoms with van der Waals surface area (Å²) in [6.07, 6.45) is 0. The fourth-order valence-corrected chi connectivity index (χ4v) is 3.77. The maximum atomic E-state index is 13.7. The van der Waals surface area contributed by atoms with E-state index in [-0.39, 0.29) is 11.5 Å². The maximum absolute atomic E-state index is 13.7. The van der Waals surface area contributed by atoms with Crippen molar-refractivity contribution < 1.29 is 14.0 Å². The topological polar surface area (TPSA) is 58.2 Å². The summed E-state index contributed by atoms with van der Waals surface area (Å²) in [6, 6.07) is 17.7. The van der Waals surface area contributed by atoms with Crippen LogP contribution in [0.15, 0.2) is 71.6 Å². The Kier molecular flexibility index (Phi) is 7.37. The molecule has 1 unspecified atom stereocenters. The number of benzene rings is 3. The highest BCUT2D eigenvalue weighted by molar-refractivity contribution is 8.00. The van der Waals surface area contributed by atoms with Gasteiger partial charge >= 0.3 is 0 Å². The average molecular weight is 463 g/mol. The molecule has 0 aliphatic rings. The van der Waals surface area contributed by atoms with Crippen LogP contribution in [-0.2, 0) is 4.79 Å². The largest absolute Gasteiger partial charge is 0.324 e. The summed E-state index contributed by atoms with van der Waals surface area (Å²) in [5, 5.41) is 5.67. The van der Waals surface area contributed by atoms with Crippen molar-refractivity contribution >= 4 is 58.2 Å². The van der Waals surface area contributed by atoms with E-state index in [1.807, 2.05) is 0 Å². The van der Waals surface area contributed by atoms with Crippen LogP contribution in [0.4, 0.5) is 15.8 Å². The lowest BCUT2D eigenvalue weighted by molar-refractivity contribution is -0.115. The van der Waals surface area contributed by atoms with Crippen LogP contribution in [0.5, 0.6) is 0 Å². The predicted molar refractivity (Wildman–Crippen MR) is 121 cm³/mol. The molecule has 30 heavy (non-hydrogen) atoms. The first-order chi connectivity index (χ1) is 14.3. The third-order valence-electron chi connectivity index (χ3n) is 4.12. The molecule has 0 aliphatic heterocycles. The van der Waals surface area contributed by atoms with Gasteiger partial charge in [0.2, 0.25) is 5.91 Å². The predicted octanol–water partition coefficient (Wildman–Crippen LogP) is 6.50. The Labute approximate surface area is 187 Å². The molecule has 1 atom stereocenters. The van der Waals surface area contributed by atoms with Crippen LogP contribution >= 0.6 is 35.0 Å². The van der Waals surface area contributed by atoms with Gasteiger partial charge in [0.15, 0.2) is 0 Å². The van der Waals surface area contributed by atoms with Gasteiger partial charge in [0, 0.05) is 10.6 Å². The standard InChI is InChI=1S/C22H17Cl2FN2O2S/c1-13(21(28)27-19-8-4-6-17(23)20(19)24)30-15-11-9-14(10-12-15)26-22(29)16-5-2-3-7-18(16)25/h2-13H,1H3,(H,26,29)(H,27,28). The van der Waals surface area contributed by atoms with E-state index < -0.39 is 17.0 Å². The highest BCUT2D eigenvalue weighted by atomic mass is 35.5. The second-order valence-electron chi connectivity index (χ2n) is 6.31. The van der Waals surface area contributed by atoms with E-state index in [2.05, 4.69) is 10.6 Å². The number of hydrogen-bond donors (Lipinski definition) is 2. The molecule has 3 aromatic carbocycles. The number of halogens is 3. The highest BCUT2D eigenvalue weighted by Crippen LogP contribution is 2.31. The van der Waals surface area contributed by atoms with E-state index in [0.29, 0.717) is 21.4 Å². The number of nitrogens with one attached hydrogen (secondary N) is 2. The molecule has 0 aromatic heterocycles. The zero-order valence-electron chi connectivity index (χ0n) is 15.8. The first-order valence-electron chi connectivity index (χ1n) is 8.92. The fraction of sp³-hybridized carbons (Fsp3) is 0.0909. The minimum atomic E-state index is -0.582. The summed E-state index contributed by atoms with van der Waals surface area (Å²) in [7, 11) is 0. The van der Waals surface area contributed by atoms with Gasteiger partial charge in [0.25, 0.3) is 5.91 Å². The highest BCUT2D eigenvalue weighted by Gasteiger charge is 2.17. The van der Waals surface area contributed by atoms with Crippen LogP contribution in [0.2, 0.25) is 10.0 Å². The number of amides is 2. The molecule has 8 heteroatoms. The number of carbonyl (C=O) groups excluding carboxylic acids is 2. The molecule has 3 rings (SSSR count). The van der Waals surface area contributed by atoms with Crippen molar-refractivity contribution in [1.29, 1.82) is 0 Å². The Morgan fingerprint density at radius 2 is 1.63 bits per heavy atom. The summed E-state index contributed by atoms with van der Waals surface area (Å²) < 4.78 is 13.7. The van der Waals surface area contributed by atoms with Crippen LogP contribution in [0.25, 0.3) is 0 Å². The van der Waals surface area contributed by atoms with Crippen molar-refractivity contribution in [3.8, 4) is 0 Å². The third-order valence-corrected chi connectivity index (χ3v) is 6.05. The molecular weight excluding hydrogens is 446 g/mol. The molecule has 0 radical (unpaired) electrons. The minimum Gasteiger partial charge on any atom is -0.324 e. The van der Waals surface area contributed by atoms with Gasteiger partial charge in [-0.05, 0) is 55.5 Å². The Balaban J connectivity index is 1.59. The quantitative estimate of drug-likeness (QED) is 0.410. The number of carbonyl (C=O) groups is 2. The maximum Gasteiger partial charge on any atom is 0.258 e. The van der Waals surface area contributed by atoms with Crippen LogP contribution in [0, 0.1) is 5.82 Å². The molecule has 0 aliphatic carbocycles. The lowest BCUT2D eigenvalue weighted by atomic mass is 10.2. The molecule has 0 bridgehead atoms. The Morgan fingerprint density at radius 3 is 2.33 bits per heavy atom. The fourth-order valence-electron chi connectivity index (χ4n) is 2.55. The lowest BCUT2D eigenvalue weighted by Gasteiger charge is -2.14. The smallest absolute Gasteiger partial charge is 0.258 e. The monoisotopic (exact) mass is 462 g/mol. The molecule has 2 N–H and O–H groups in total.